The molecule has 4 nitrogen and oxygen atoms in total. The van der Waals surface area contributed by atoms with E-state index in [2.05, 4.69) is 22.0 Å². The molecule has 1 heterocycles. The number of esters is 1. The monoisotopic (exact) mass is 316 g/mol. The second-order valence-electron chi connectivity index (χ2n) is 5.17. The molecule has 2 rings (SSSR count). The number of thiazole rings is 1. The number of rotatable bonds is 4. The highest BCUT2D eigenvalue weighted by molar-refractivity contribution is 7.13. The van der Waals surface area contributed by atoms with Crippen molar-refractivity contribution in [3.63, 3.8) is 0 Å². The van der Waals surface area contributed by atoms with Crippen molar-refractivity contribution < 1.29 is 9.53 Å². The molecule has 0 unspecified atom stereocenters. The van der Waals surface area contributed by atoms with Gasteiger partial charge < -0.3 is 9.64 Å². The van der Waals surface area contributed by atoms with Crippen molar-refractivity contribution in [1.29, 1.82) is 0 Å². The minimum absolute atomic E-state index is 0.351. The molecule has 0 amide bonds. The average molecular weight is 316 g/mol. The van der Waals surface area contributed by atoms with Crippen LogP contribution in [0.5, 0.6) is 0 Å². The summed E-state index contributed by atoms with van der Waals surface area (Å²) in [5.74, 6) is -0.351. The Hall–Kier alpha value is -2.14. The van der Waals surface area contributed by atoms with Gasteiger partial charge in [-0.2, -0.15) is 0 Å². The number of methoxy groups -OCH3 is 1. The molecular weight excluding hydrogens is 296 g/mol. The lowest BCUT2D eigenvalue weighted by Gasteiger charge is -2.17. The van der Waals surface area contributed by atoms with Crippen LogP contribution in [0.1, 0.15) is 16.8 Å². The van der Waals surface area contributed by atoms with Crippen molar-refractivity contribution in [3.05, 3.63) is 40.2 Å². The third-order valence-corrected chi connectivity index (χ3v) is 4.37. The summed E-state index contributed by atoms with van der Waals surface area (Å²) in [6.45, 7) is 3.88. The van der Waals surface area contributed by atoms with Gasteiger partial charge >= 0.3 is 5.97 Å². The summed E-state index contributed by atoms with van der Waals surface area (Å²) in [4.78, 5) is 19.2. The lowest BCUT2D eigenvalue weighted by atomic mass is 10.1. The summed E-state index contributed by atoms with van der Waals surface area (Å²) in [6, 6.07) is 8.13. The van der Waals surface area contributed by atoms with Crippen LogP contribution >= 0.6 is 11.3 Å². The lowest BCUT2D eigenvalue weighted by Crippen LogP contribution is -2.10. The first-order valence-corrected chi connectivity index (χ1v) is 7.76. The molecule has 0 spiro atoms. The second kappa shape index (κ2) is 6.75. The summed E-state index contributed by atoms with van der Waals surface area (Å²) >= 11 is 1.58. The van der Waals surface area contributed by atoms with Gasteiger partial charge in [-0.25, -0.2) is 9.78 Å². The number of carbonyl (C=O) groups is 1. The maximum atomic E-state index is 11.5. The summed E-state index contributed by atoms with van der Waals surface area (Å²) < 4.78 is 4.72. The van der Waals surface area contributed by atoms with Gasteiger partial charge in [0, 0.05) is 31.4 Å². The van der Waals surface area contributed by atoms with Crippen molar-refractivity contribution in [2.75, 3.05) is 26.1 Å². The van der Waals surface area contributed by atoms with Crippen LogP contribution in [0.25, 0.3) is 16.8 Å². The quantitative estimate of drug-likeness (QED) is 0.636. The van der Waals surface area contributed by atoms with E-state index in [0.717, 1.165) is 32.4 Å². The van der Waals surface area contributed by atoms with E-state index in [1.165, 1.54) is 13.2 Å². The molecule has 2 aromatic rings. The van der Waals surface area contributed by atoms with Gasteiger partial charge in [-0.1, -0.05) is 18.2 Å². The van der Waals surface area contributed by atoms with Gasteiger partial charge in [-0.15, -0.1) is 11.3 Å². The number of allylic oxidation sites excluding steroid dienone is 1. The number of benzene rings is 1. The van der Waals surface area contributed by atoms with Gasteiger partial charge in [0.05, 0.1) is 22.7 Å². The second-order valence-corrected chi connectivity index (χ2v) is 6.38. The minimum Gasteiger partial charge on any atom is -0.466 e. The van der Waals surface area contributed by atoms with Crippen LogP contribution in [0.4, 0.5) is 5.69 Å². The van der Waals surface area contributed by atoms with E-state index in [1.54, 1.807) is 11.3 Å². The summed E-state index contributed by atoms with van der Waals surface area (Å²) in [5.41, 5.74) is 3.93. The molecule has 0 aliphatic rings. The fraction of sp³-hybridized carbons (Fsp3) is 0.294. The molecule has 22 heavy (non-hydrogen) atoms. The van der Waals surface area contributed by atoms with Gasteiger partial charge in [-0.3, -0.25) is 0 Å². The average Bonchev–Trinajstić information content (AvgIpc) is 2.89. The maximum Gasteiger partial charge on any atom is 0.330 e. The molecule has 1 aromatic heterocycles. The predicted octanol–water partition coefficient (Wildman–Crippen LogP) is 3.76. The number of aryl methyl sites for hydroxylation is 1. The molecule has 0 atom stereocenters. The molecule has 0 bridgehead atoms. The van der Waals surface area contributed by atoms with E-state index < -0.39 is 0 Å². The Morgan fingerprint density at radius 3 is 2.64 bits per heavy atom. The van der Waals surface area contributed by atoms with Crippen LogP contribution in [-0.2, 0) is 9.53 Å². The number of carbonyl (C=O) groups excluding carboxylic acids is 1. The smallest absolute Gasteiger partial charge is 0.330 e. The highest BCUT2D eigenvalue weighted by Crippen LogP contribution is 2.37. The van der Waals surface area contributed by atoms with Gasteiger partial charge in [0.25, 0.3) is 0 Å². The zero-order valence-electron chi connectivity index (χ0n) is 13.5. The fourth-order valence-corrected chi connectivity index (χ4v) is 3.15. The third kappa shape index (κ3) is 3.36. The zero-order chi connectivity index (χ0) is 16.3. The topological polar surface area (TPSA) is 42.4 Å². The highest BCUT2D eigenvalue weighted by Gasteiger charge is 2.17. The third-order valence-electron chi connectivity index (χ3n) is 3.27. The van der Waals surface area contributed by atoms with Crippen LogP contribution in [0, 0.1) is 6.92 Å². The molecular formula is C17H20N2O2S. The molecule has 116 valence electrons. The molecule has 0 saturated carbocycles. The Bertz CT molecular complexity index is 717. The number of nitrogens with zero attached hydrogens (tertiary/aromatic N) is 2. The molecule has 0 fully saturated rings. The molecule has 5 heteroatoms. The van der Waals surface area contributed by atoms with Gasteiger partial charge in [0.2, 0.25) is 0 Å². The van der Waals surface area contributed by atoms with E-state index in [0.29, 0.717) is 0 Å². The zero-order valence-corrected chi connectivity index (χ0v) is 14.3. The van der Waals surface area contributed by atoms with Crippen LogP contribution in [0.15, 0.2) is 30.3 Å². The standard InChI is InChI=1S/C17H20N2O2S/c1-11(10-15(20)21-5)17-16(18-12(2)22-17)13-8-6-7-9-14(13)19(3)4/h6-10H,1-5H3/b11-10+. The Morgan fingerprint density at radius 1 is 1.32 bits per heavy atom. The Labute approximate surface area is 135 Å². The van der Waals surface area contributed by atoms with Crippen LogP contribution < -0.4 is 4.90 Å². The molecule has 0 aliphatic heterocycles. The van der Waals surface area contributed by atoms with E-state index >= 15 is 0 Å². The first-order chi connectivity index (χ1) is 10.4. The Balaban J connectivity index is 2.59. The van der Waals surface area contributed by atoms with E-state index in [-0.39, 0.29) is 5.97 Å². The molecule has 0 saturated heterocycles. The number of para-hydroxylation sites is 1. The number of hydrogen-bond donors (Lipinski definition) is 0. The maximum absolute atomic E-state index is 11.5. The summed E-state index contributed by atoms with van der Waals surface area (Å²) in [5, 5.41) is 0.969. The lowest BCUT2D eigenvalue weighted by molar-refractivity contribution is -0.134. The minimum atomic E-state index is -0.351. The normalized spacial score (nSPS) is 11.4. The molecule has 0 aliphatic carbocycles. The Morgan fingerprint density at radius 2 is 2.00 bits per heavy atom. The van der Waals surface area contributed by atoms with Crippen molar-refractivity contribution in [2.24, 2.45) is 0 Å². The van der Waals surface area contributed by atoms with Gasteiger partial charge in [0.1, 0.15) is 0 Å². The SMILES string of the molecule is COC(=O)/C=C(\C)c1sc(C)nc1-c1ccccc1N(C)C. The first kappa shape index (κ1) is 16.2. The van der Waals surface area contributed by atoms with E-state index in [4.69, 9.17) is 4.74 Å². The molecule has 1 aromatic carbocycles. The van der Waals surface area contributed by atoms with Crippen LogP contribution in [-0.4, -0.2) is 32.2 Å². The number of ether oxygens (including phenoxy) is 1. The molecule has 0 N–H and O–H groups in total. The van der Waals surface area contributed by atoms with Gasteiger partial charge in [-0.05, 0) is 25.5 Å². The number of aromatic nitrogens is 1. The Kier molecular flexibility index (Phi) is 4.98. The highest BCUT2D eigenvalue weighted by atomic mass is 32.1. The molecule has 0 radical (unpaired) electrons. The van der Waals surface area contributed by atoms with E-state index in [9.17, 15) is 4.79 Å². The largest absolute Gasteiger partial charge is 0.466 e. The number of anilines is 1. The van der Waals surface area contributed by atoms with Crippen molar-refractivity contribution in [1.82, 2.24) is 4.98 Å². The van der Waals surface area contributed by atoms with Crippen LogP contribution in [0.3, 0.4) is 0 Å². The van der Waals surface area contributed by atoms with Crippen molar-refractivity contribution >= 4 is 28.6 Å². The predicted molar refractivity (Wildman–Crippen MR) is 92.3 cm³/mol. The first-order valence-electron chi connectivity index (χ1n) is 6.94. The fourth-order valence-electron chi connectivity index (χ4n) is 2.24. The van der Waals surface area contributed by atoms with Crippen molar-refractivity contribution in [2.45, 2.75) is 13.8 Å². The summed E-state index contributed by atoms with van der Waals surface area (Å²) in [7, 11) is 5.40. The summed E-state index contributed by atoms with van der Waals surface area (Å²) in [6.07, 6.45) is 1.51. The van der Waals surface area contributed by atoms with Gasteiger partial charge in [0.15, 0.2) is 0 Å². The van der Waals surface area contributed by atoms with Crippen LogP contribution in [0.2, 0.25) is 0 Å². The van der Waals surface area contributed by atoms with Crippen molar-refractivity contribution in [3.8, 4) is 11.3 Å². The number of hydrogen-bond acceptors (Lipinski definition) is 5. The van der Waals surface area contributed by atoms with E-state index in [1.807, 2.05) is 40.1 Å².